The summed E-state index contributed by atoms with van der Waals surface area (Å²) in [6.45, 7) is 22.2. The van der Waals surface area contributed by atoms with E-state index in [1.165, 1.54) is 26.0 Å². The van der Waals surface area contributed by atoms with Gasteiger partial charge in [-0.2, -0.15) is 0 Å². The van der Waals surface area contributed by atoms with Gasteiger partial charge in [0.2, 0.25) is 23.6 Å². The molecule has 0 spiro atoms. The minimum Gasteiger partial charge on any atom is -0.379 e. The van der Waals surface area contributed by atoms with E-state index >= 15 is 0 Å². The van der Waals surface area contributed by atoms with Gasteiger partial charge in [-0.3, -0.25) is 33.6 Å². The molecule has 1 aromatic carbocycles. The molecule has 8 atom stereocenters. The van der Waals surface area contributed by atoms with Crippen LogP contribution in [-0.2, 0) is 73.1 Å². The van der Waals surface area contributed by atoms with E-state index in [0.29, 0.717) is 91.5 Å². The Morgan fingerprint density at radius 3 is 1.76 bits per heavy atom. The number of carbonyl (C=O) groups is 7. The van der Waals surface area contributed by atoms with Gasteiger partial charge in [0, 0.05) is 59.5 Å². The van der Waals surface area contributed by atoms with Crippen LogP contribution in [-0.4, -0.2) is 192 Å². The zero-order chi connectivity index (χ0) is 56.3. The Balaban J connectivity index is 1.94. The molecular weight excluding hydrogens is 965 g/mol. The van der Waals surface area contributed by atoms with Gasteiger partial charge < -0.3 is 53.2 Å². The Morgan fingerprint density at radius 2 is 1.28 bits per heavy atom. The van der Waals surface area contributed by atoms with E-state index in [0.717, 1.165) is 5.56 Å². The van der Waals surface area contributed by atoms with Crippen LogP contribution in [0.25, 0.3) is 0 Å². The highest BCUT2D eigenvalue weighted by Gasteiger charge is 2.44. The summed E-state index contributed by atoms with van der Waals surface area (Å²) in [5, 5.41) is 2.93. The van der Waals surface area contributed by atoms with Crippen molar-refractivity contribution in [2.75, 3.05) is 101 Å². The van der Waals surface area contributed by atoms with Crippen molar-refractivity contribution in [1.29, 1.82) is 0 Å². The highest BCUT2D eigenvalue weighted by molar-refractivity contribution is 5.95. The zero-order valence-electron chi connectivity index (χ0n) is 48.2. The Bertz CT molecular complexity index is 1880. The molecule has 4 amide bonds. The minimum atomic E-state index is -1.22. The lowest BCUT2D eigenvalue weighted by Gasteiger charge is -2.41. The van der Waals surface area contributed by atoms with Crippen LogP contribution in [0.3, 0.4) is 0 Å². The molecular formula is C57H96N4O14. The van der Waals surface area contributed by atoms with E-state index in [9.17, 15) is 33.6 Å². The topological polar surface area (TPSA) is 206 Å². The van der Waals surface area contributed by atoms with Crippen molar-refractivity contribution >= 4 is 41.0 Å². The summed E-state index contributed by atoms with van der Waals surface area (Å²) in [7, 11) is 6.36. The lowest BCUT2D eigenvalue weighted by Crippen LogP contribution is -2.55. The average molecular weight is 1060 g/mol. The van der Waals surface area contributed by atoms with Gasteiger partial charge in [0.1, 0.15) is 5.78 Å². The fourth-order valence-corrected chi connectivity index (χ4v) is 9.34. The number of methoxy groups -OCH3 is 2. The van der Waals surface area contributed by atoms with Gasteiger partial charge in [-0.05, 0) is 57.4 Å². The molecule has 18 nitrogen and oxygen atoms in total. The molecule has 18 heteroatoms. The average Bonchev–Trinajstić information content (AvgIpc) is 3.87. The molecule has 0 saturated carbocycles. The Labute approximate surface area is 449 Å². The minimum absolute atomic E-state index is 0.0170. The number of carbonyl (C=O) groups excluding carboxylic acids is 7. The molecule has 1 aliphatic heterocycles. The molecule has 428 valence electrons. The largest absolute Gasteiger partial charge is 0.379 e. The second kappa shape index (κ2) is 35.3. The number of rotatable bonds is 40. The standard InChI is InChI=1S/C57H96N4O14/c1-15-41(6)53(49(69-13)38-52(66)61-25-19-22-47(61)54(70-14)42(7)55(67)58-46(43(8)62)36-44-20-17-16-18-21-44)59(11)56(68)45(39(2)3)37-50(64)57(9,10)60(12)51(65)24-27-72-29-31-74-33-35-75-34-32-73-30-28-71-26-23-48(63)40(4)5/h16-18,20-21,39-42,45-47,49,53-54H,15,19,22-38H2,1-14H3,(H,58,67)/t41-,42+,45-,46-,47-,49+,53-,54+/m0/s1. The van der Waals surface area contributed by atoms with Gasteiger partial charge in [0.25, 0.3) is 0 Å². The predicted molar refractivity (Wildman–Crippen MR) is 287 cm³/mol. The van der Waals surface area contributed by atoms with Crippen LogP contribution in [0.1, 0.15) is 120 Å². The molecule has 0 radical (unpaired) electrons. The van der Waals surface area contributed by atoms with Crippen molar-refractivity contribution in [2.24, 2.45) is 29.6 Å². The third-order valence-electron chi connectivity index (χ3n) is 14.9. The zero-order valence-corrected chi connectivity index (χ0v) is 48.2. The highest BCUT2D eigenvalue weighted by Crippen LogP contribution is 2.32. The van der Waals surface area contributed by atoms with E-state index in [4.69, 9.17) is 33.2 Å². The summed E-state index contributed by atoms with van der Waals surface area (Å²) in [6.07, 6.45) is 1.36. The summed E-state index contributed by atoms with van der Waals surface area (Å²) >= 11 is 0. The fourth-order valence-electron chi connectivity index (χ4n) is 9.34. The normalized spacial score (nSPS) is 16.7. The SMILES string of the molecule is CC[C@H](C)[C@@H]([C@@H](CC(=O)N1CCC[C@H]1[C@H](OC)[C@@H](C)C(=O)N[C@@H](Cc1ccccc1)C(C)=O)OC)N(C)C(=O)[C@@H](CC(=O)C(C)(C)N(C)C(=O)CCOCCOCCOCCOCCOCCC(=O)C(C)C)C(C)C. The summed E-state index contributed by atoms with van der Waals surface area (Å²) in [4.78, 5) is 99.3. The second-order valence-electron chi connectivity index (χ2n) is 21.1. The Morgan fingerprint density at radius 1 is 0.747 bits per heavy atom. The molecule has 2 rings (SSSR count). The highest BCUT2D eigenvalue weighted by atomic mass is 16.6. The summed E-state index contributed by atoms with van der Waals surface area (Å²) < 4.78 is 39.7. The molecule has 0 aliphatic carbocycles. The molecule has 1 fully saturated rings. The van der Waals surface area contributed by atoms with Gasteiger partial charge in [-0.1, -0.05) is 85.2 Å². The van der Waals surface area contributed by atoms with Gasteiger partial charge in [0.05, 0.1) is 121 Å². The first-order valence-corrected chi connectivity index (χ1v) is 27.2. The third-order valence-corrected chi connectivity index (χ3v) is 14.9. The van der Waals surface area contributed by atoms with Gasteiger partial charge >= 0.3 is 0 Å². The molecule has 1 aliphatic rings. The molecule has 0 unspecified atom stereocenters. The van der Waals surface area contributed by atoms with E-state index in [2.05, 4.69) is 5.32 Å². The lowest BCUT2D eigenvalue weighted by molar-refractivity contribution is -0.150. The van der Waals surface area contributed by atoms with Crippen molar-refractivity contribution in [3.05, 3.63) is 35.9 Å². The molecule has 1 aromatic rings. The molecule has 75 heavy (non-hydrogen) atoms. The molecule has 0 bridgehead atoms. The number of Topliss-reactive ketones (excluding diaryl/α,β-unsaturated/α-hetero) is 3. The van der Waals surface area contributed by atoms with Crippen LogP contribution in [0.15, 0.2) is 30.3 Å². The predicted octanol–water partition coefficient (Wildman–Crippen LogP) is 5.78. The Hall–Kier alpha value is -4.17. The third kappa shape index (κ3) is 22.4. The van der Waals surface area contributed by atoms with Crippen LogP contribution in [0.4, 0.5) is 0 Å². The van der Waals surface area contributed by atoms with Crippen molar-refractivity contribution in [1.82, 2.24) is 20.0 Å². The maximum atomic E-state index is 14.6. The first-order valence-electron chi connectivity index (χ1n) is 27.2. The van der Waals surface area contributed by atoms with Crippen LogP contribution in [0.5, 0.6) is 0 Å². The van der Waals surface area contributed by atoms with Crippen molar-refractivity contribution in [2.45, 2.75) is 156 Å². The van der Waals surface area contributed by atoms with Gasteiger partial charge in [-0.25, -0.2) is 0 Å². The number of likely N-dealkylation sites (N-methyl/N-ethyl adjacent to an activating group) is 2. The smallest absolute Gasteiger partial charge is 0.226 e. The number of ketones is 3. The molecule has 0 aromatic heterocycles. The quantitative estimate of drug-likeness (QED) is 0.0775. The van der Waals surface area contributed by atoms with E-state index in [-0.39, 0.29) is 91.2 Å². The van der Waals surface area contributed by atoms with Crippen molar-refractivity contribution < 1.29 is 66.7 Å². The number of amides is 4. The lowest BCUT2D eigenvalue weighted by atomic mass is 9.82. The monoisotopic (exact) mass is 1060 g/mol. The molecule has 1 heterocycles. The fraction of sp³-hybridized carbons (Fsp3) is 0.772. The summed E-state index contributed by atoms with van der Waals surface area (Å²) in [5.41, 5.74) is -0.297. The first kappa shape index (κ1) is 66.9. The number of hydrogen-bond acceptors (Lipinski definition) is 14. The van der Waals surface area contributed by atoms with Crippen LogP contribution < -0.4 is 5.32 Å². The molecule has 1 saturated heterocycles. The van der Waals surface area contributed by atoms with E-state index in [1.54, 1.807) is 44.7 Å². The number of likely N-dealkylation sites (tertiary alicyclic amines) is 1. The van der Waals surface area contributed by atoms with E-state index < -0.39 is 47.7 Å². The maximum absolute atomic E-state index is 14.6. The molecule has 1 N–H and O–H groups in total. The number of nitrogens with zero attached hydrogens (tertiary/aromatic N) is 3. The van der Waals surface area contributed by atoms with Crippen LogP contribution in [0.2, 0.25) is 0 Å². The van der Waals surface area contributed by atoms with Crippen LogP contribution in [0, 0.1) is 29.6 Å². The van der Waals surface area contributed by atoms with Gasteiger partial charge in [-0.15, -0.1) is 0 Å². The Kier molecular flexibility index (Phi) is 31.5. The van der Waals surface area contributed by atoms with Crippen LogP contribution >= 0.6 is 0 Å². The number of nitrogens with one attached hydrogen (secondary N) is 1. The second-order valence-corrected chi connectivity index (χ2v) is 21.1. The summed E-state index contributed by atoms with van der Waals surface area (Å²) in [5.74, 6) is -2.99. The number of benzene rings is 1. The van der Waals surface area contributed by atoms with Crippen molar-refractivity contribution in [3.63, 3.8) is 0 Å². The van der Waals surface area contributed by atoms with E-state index in [1.807, 2.05) is 71.9 Å². The number of hydrogen-bond donors (Lipinski definition) is 1. The summed E-state index contributed by atoms with van der Waals surface area (Å²) in [6, 6.07) is 7.85. The maximum Gasteiger partial charge on any atom is 0.226 e. The number of ether oxygens (including phenoxy) is 7. The first-order chi connectivity index (χ1) is 35.5. The van der Waals surface area contributed by atoms with Crippen molar-refractivity contribution in [3.8, 4) is 0 Å². The van der Waals surface area contributed by atoms with Gasteiger partial charge in [0.15, 0.2) is 11.6 Å².